The van der Waals surface area contributed by atoms with Gasteiger partial charge in [0.15, 0.2) is 0 Å². The molecule has 0 amide bonds. The van der Waals surface area contributed by atoms with Crippen molar-refractivity contribution in [2.24, 2.45) is 0 Å². The quantitative estimate of drug-likeness (QED) is 0.364. The topological polar surface area (TPSA) is 65.1 Å². The number of esters is 2. The van der Waals surface area contributed by atoms with Gasteiger partial charge in [-0.25, -0.2) is 9.59 Å². The van der Waals surface area contributed by atoms with E-state index >= 15 is 0 Å². The van der Waals surface area contributed by atoms with Crippen molar-refractivity contribution in [1.29, 1.82) is 0 Å². The van der Waals surface area contributed by atoms with E-state index in [0.29, 0.717) is 6.61 Å². The summed E-state index contributed by atoms with van der Waals surface area (Å²) in [5.41, 5.74) is -0.563. The second-order valence-electron chi connectivity index (χ2n) is 6.90. The lowest BCUT2D eigenvalue weighted by atomic mass is 10.2. The molecule has 1 heterocycles. The average molecular weight is 341 g/mol. The maximum Gasteiger partial charge on any atom is 0.331 e. The van der Waals surface area contributed by atoms with Crippen LogP contribution in [-0.2, 0) is 23.8 Å². The molecular weight excluding hydrogens is 310 g/mol. The number of morpholine rings is 1. The molecule has 0 aliphatic carbocycles. The number of ether oxygens (including phenoxy) is 3. The molecule has 0 N–H and O–H groups in total. The van der Waals surface area contributed by atoms with Crippen molar-refractivity contribution in [2.45, 2.75) is 52.1 Å². The molecule has 1 aliphatic heterocycles. The molecule has 0 aromatic heterocycles. The molecule has 0 radical (unpaired) electrons. The first-order chi connectivity index (χ1) is 11.4. The third-order valence-electron chi connectivity index (χ3n) is 3.48. The summed E-state index contributed by atoms with van der Waals surface area (Å²) in [4.78, 5) is 25.3. The molecule has 0 atom stereocenters. The first-order valence-electron chi connectivity index (χ1n) is 8.75. The Morgan fingerprint density at radius 1 is 1.00 bits per heavy atom. The van der Waals surface area contributed by atoms with Crippen LogP contribution in [0.2, 0.25) is 0 Å². The van der Waals surface area contributed by atoms with Gasteiger partial charge in [-0.3, -0.25) is 4.90 Å². The summed E-state index contributed by atoms with van der Waals surface area (Å²) in [6, 6.07) is 0. The van der Waals surface area contributed by atoms with Crippen LogP contribution in [0.3, 0.4) is 0 Å². The predicted octanol–water partition coefficient (Wildman–Crippen LogP) is 2.32. The second-order valence-corrected chi connectivity index (χ2v) is 6.90. The van der Waals surface area contributed by atoms with E-state index in [4.69, 9.17) is 14.2 Å². The van der Waals surface area contributed by atoms with Crippen LogP contribution < -0.4 is 0 Å². The standard InChI is InChI=1S/C18H31NO5/c1-18(2,3)24-17(21)9-8-16(20)23-13-7-5-4-6-10-19-11-14-22-15-12-19/h8-9H,4-7,10-15H2,1-3H3/b9-8+. The molecule has 0 unspecified atom stereocenters. The van der Waals surface area contributed by atoms with E-state index in [1.807, 2.05) is 0 Å². The first-order valence-corrected chi connectivity index (χ1v) is 8.75. The predicted molar refractivity (Wildman–Crippen MR) is 91.7 cm³/mol. The molecule has 1 aliphatic rings. The summed E-state index contributed by atoms with van der Waals surface area (Å²) in [6.07, 6.45) is 6.39. The lowest BCUT2D eigenvalue weighted by molar-refractivity contribution is -0.149. The highest BCUT2D eigenvalue weighted by molar-refractivity contribution is 5.91. The zero-order chi connectivity index (χ0) is 17.8. The molecular formula is C18H31NO5. The smallest absolute Gasteiger partial charge is 0.331 e. The largest absolute Gasteiger partial charge is 0.463 e. The molecule has 0 aromatic rings. The number of hydrogen-bond donors (Lipinski definition) is 0. The Labute approximate surface area is 145 Å². The van der Waals surface area contributed by atoms with Gasteiger partial charge in [-0.1, -0.05) is 12.8 Å². The summed E-state index contributed by atoms with van der Waals surface area (Å²) >= 11 is 0. The Morgan fingerprint density at radius 2 is 1.62 bits per heavy atom. The fraction of sp³-hybridized carbons (Fsp3) is 0.778. The van der Waals surface area contributed by atoms with E-state index < -0.39 is 17.5 Å². The summed E-state index contributed by atoms with van der Waals surface area (Å²) in [5.74, 6) is -1.04. The van der Waals surface area contributed by atoms with Crippen LogP contribution in [0.25, 0.3) is 0 Å². The molecule has 0 aromatic carbocycles. The second kappa shape index (κ2) is 11.2. The number of unbranched alkanes of at least 4 members (excludes halogenated alkanes) is 3. The Morgan fingerprint density at radius 3 is 2.29 bits per heavy atom. The highest BCUT2D eigenvalue weighted by Crippen LogP contribution is 2.07. The molecule has 0 spiro atoms. The Balaban J connectivity index is 1.98. The normalized spacial score (nSPS) is 16.3. The third kappa shape index (κ3) is 11.2. The van der Waals surface area contributed by atoms with E-state index in [0.717, 1.165) is 70.7 Å². The van der Waals surface area contributed by atoms with Gasteiger partial charge in [-0.05, 0) is 40.2 Å². The average Bonchev–Trinajstić information content (AvgIpc) is 2.51. The number of rotatable bonds is 9. The molecule has 1 rings (SSSR count). The molecule has 1 fully saturated rings. The van der Waals surface area contributed by atoms with Crippen molar-refractivity contribution in [2.75, 3.05) is 39.5 Å². The van der Waals surface area contributed by atoms with Crippen molar-refractivity contribution >= 4 is 11.9 Å². The monoisotopic (exact) mass is 341 g/mol. The fourth-order valence-corrected chi connectivity index (χ4v) is 2.31. The Bertz CT molecular complexity index is 408. The summed E-state index contributed by atoms with van der Waals surface area (Å²) < 4.78 is 15.4. The van der Waals surface area contributed by atoms with Crippen LogP contribution in [0.5, 0.6) is 0 Å². The van der Waals surface area contributed by atoms with Crippen LogP contribution >= 0.6 is 0 Å². The van der Waals surface area contributed by atoms with Gasteiger partial charge < -0.3 is 14.2 Å². The van der Waals surface area contributed by atoms with Crippen molar-refractivity contribution < 1.29 is 23.8 Å². The van der Waals surface area contributed by atoms with Crippen LogP contribution in [-0.4, -0.2) is 61.9 Å². The van der Waals surface area contributed by atoms with Gasteiger partial charge in [0, 0.05) is 25.2 Å². The van der Waals surface area contributed by atoms with Gasteiger partial charge in [-0.2, -0.15) is 0 Å². The van der Waals surface area contributed by atoms with E-state index in [1.165, 1.54) is 0 Å². The molecule has 138 valence electrons. The van der Waals surface area contributed by atoms with Crippen molar-refractivity contribution in [3.05, 3.63) is 12.2 Å². The van der Waals surface area contributed by atoms with Crippen LogP contribution in [0.1, 0.15) is 46.5 Å². The molecule has 6 nitrogen and oxygen atoms in total. The molecule has 1 saturated heterocycles. The van der Waals surface area contributed by atoms with Gasteiger partial charge in [0.1, 0.15) is 5.60 Å². The van der Waals surface area contributed by atoms with Crippen molar-refractivity contribution in [3.8, 4) is 0 Å². The molecule has 0 bridgehead atoms. The van der Waals surface area contributed by atoms with E-state index in [2.05, 4.69) is 4.90 Å². The number of nitrogens with zero attached hydrogens (tertiary/aromatic N) is 1. The number of carbonyl (C=O) groups is 2. The Kier molecular flexibility index (Phi) is 9.64. The maximum absolute atomic E-state index is 11.5. The van der Waals surface area contributed by atoms with Gasteiger partial charge in [-0.15, -0.1) is 0 Å². The zero-order valence-corrected chi connectivity index (χ0v) is 15.2. The molecule has 24 heavy (non-hydrogen) atoms. The first kappa shape index (κ1) is 20.6. The lowest BCUT2D eigenvalue weighted by Gasteiger charge is -2.26. The summed E-state index contributed by atoms with van der Waals surface area (Å²) in [7, 11) is 0. The van der Waals surface area contributed by atoms with Gasteiger partial charge >= 0.3 is 11.9 Å². The lowest BCUT2D eigenvalue weighted by Crippen LogP contribution is -2.36. The highest BCUT2D eigenvalue weighted by atomic mass is 16.6. The number of hydrogen-bond acceptors (Lipinski definition) is 6. The SMILES string of the molecule is CC(C)(C)OC(=O)/C=C/C(=O)OCCCCCCN1CCOCC1. The number of carbonyl (C=O) groups excluding carboxylic acids is 2. The van der Waals surface area contributed by atoms with E-state index in [9.17, 15) is 9.59 Å². The zero-order valence-electron chi connectivity index (χ0n) is 15.2. The highest BCUT2D eigenvalue weighted by Gasteiger charge is 2.14. The Hall–Kier alpha value is -1.40. The third-order valence-corrected chi connectivity index (χ3v) is 3.48. The van der Waals surface area contributed by atoms with Crippen LogP contribution in [0, 0.1) is 0 Å². The summed E-state index contributed by atoms with van der Waals surface area (Å²) in [5, 5.41) is 0. The fourth-order valence-electron chi connectivity index (χ4n) is 2.31. The van der Waals surface area contributed by atoms with Crippen molar-refractivity contribution in [1.82, 2.24) is 4.90 Å². The van der Waals surface area contributed by atoms with Crippen LogP contribution in [0.4, 0.5) is 0 Å². The van der Waals surface area contributed by atoms with Crippen LogP contribution in [0.15, 0.2) is 12.2 Å². The minimum Gasteiger partial charge on any atom is -0.463 e. The van der Waals surface area contributed by atoms with E-state index in [-0.39, 0.29) is 0 Å². The summed E-state index contributed by atoms with van der Waals surface area (Å²) in [6.45, 7) is 10.6. The van der Waals surface area contributed by atoms with Gasteiger partial charge in [0.05, 0.1) is 19.8 Å². The molecule has 0 saturated carbocycles. The van der Waals surface area contributed by atoms with E-state index in [1.54, 1.807) is 20.8 Å². The van der Waals surface area contributed by atoms with Crippen molar-refractivity contribution in [3.63, 3.8) is 0 Å². The minimum atomic E-state index is -0.563. The maximum atomic E-state index is 11.5. The van der Waals surface area contributed by atoms with Gasteiger partial charge in [0.25, 0.3) is 0 Å². The van der Waals surface area contributed by atoms with Gasteiger partial charge in [0.2, 0.25) is 0 Å². The molecule has 6 heteroatoms. The minimum absolute atomic E-state index is 0.384.